The topological polar surface area (TPSA) is 103 Å². The number of alkyl halides is 2. The number of rotatable bonds is 11. The van der Waals surface area contributed by atoms with Gasteiger partial charge in [0.1, 0.15) is 11.2 Å². The second kappa shape index (κ2) is 12.8. The maximum Gasteiger partial charge on any atom is 0.348 e. The van der Waals surface area contributed by atoms with Crippen LogP contribution in [-0.2, 0) is 24.8 Å². The molecule has 1 aliphatic rings. The summed E-state index contributed by atoms with van der Waals surface area (Å²) < 4.78 is 40.3. The lowest BCUT2D eigenvalue weighted by atomic mass is 9.99. The van der Waals surface area contributed by atoms with Gasteiger partial charge in [-0.1, -0.05) is 13.0 Å². The van der Waals surface area contributed by atoms with Crippen LogP contribution in [0.3, 0.4) is 0 Å². The van der Waals surface area contributed by atoms with Gasteiger partial charge in [-0.3, -0.25) is 9.25 Å². The van der Waals surface area contributed by atoms with Crippen molar-refractivity contribution < 1.29 is 17.9 Å². The Hall–Kier alpha value is -4.16. The van der Waals surface area contributed by atoms with Crippen LogP contribution in [0.5, 0.6) is 0 Å². The van der Waals surface area contributed by atoms with Gasteiger partial charge in [0, 0.05) is 81.2 Å². The normalized spacial score (nSPS) is 14.5. The zero-order valence-corrected chi connectivity index (χ0v) is 25.2. The molecule has 5 aromatic rings. The lowest BCUT2D eigenvalue weighted by Gasteiger charge is -2.35. The van der Waals surface area contributed by atoms with Crippen LogP contribution >= 0.6 is 0 Å². The molecule has 44 heavy (non-hydrogen) atoms. The third-order valence-corrected chi connectivity index (χ3v) is 8.34. The maximum atomic E-state index is 13.6. The molecule has 0 saturated carbocycles. The van der Waals surface area contributed by atoms with E-state index in [-0.39, 0.29) is 18.3 Å². The van der Waals surface area contributed by atoms with E-state index in [4.69, 9.17) is 9.15 Å². The number of anilines is 1. The van der Waals surface area contributed by atoms with E-state index in [1.165, 1.54) is 0 Å². The van der Waals surface area contributed by atoms with Gasteiger partial charge >= 0.3 is 5.69 Å². The summed E-state index contributed by atoms with van der Waals surface area (Å²) in [5.74, 6) is 0. The smallest absolute Gasteiger partial charge is 0.348 e. The predicted molar refractivity (Wildman–Crippen MR) is 166 cm³/mol. The number of piperidine rings is 1. The molecule has 1 saturated heterocycles. The molecule has 4 aromatic heterocycles. The molecular formula is C32H37F2N7O3. The molecule has 12 heteroatoms. The van der Waals surface area contributed by atoms with E-state index in [0.717, 1.165) is 65.7 Å². The molecule has 1 N–H and O–H groups in total. The van der Waals surface area contributed by atoms with Gasteiger partial charge in [-0.15, -0.1) is 0 Å². The molecule has 0 unspecified atom stereocenters. The predicted octanol–water partition coefficient (Wildman–Crippen LogP) is 5.03. The highest BCUT2D eigenvalue weighted by Gasteiger charge is 2.24. The van der Waals surface area contributed by atoms with Gasteiger partial charge in [-0.05, 0) is 49.4 Å². The number of pyridine rings is 1. The van der Waals surface area contributed by atoms with E-state index in [0.29, 0.717) is 42.1 Å². The van der Waals surface area contributed by atoms with Crippen LogP contribution in [0.25, 0.3) is 44.6 Å². The number of halogens is 2. The van der Waals surface area contributed by atoms with Crippen LogP contribution < -0.4 is 15.9 Å². The molecule has 0 amide bonds. The second-order valence-corrected chi connectivity index (χ2v) is 11.3. The molecule has 10 nitrogen and oxygen atoms in total. The van der Waals surface area contributed by atoms with Crippen LogP contribution in [0, 0.1) is 0 Å². The number of aryl methyl sites for hydroxylation is 3. The van der Waals surface area contributed by atoms with Gasteiger partial charge in [0.15, 0.2) is 5.58 Å². The zero-order chi connectivity index (χ0) is 30.8. The summed E-state index contributed by atoms with van der Waals surface area (Å²) in [6, 6.07) is 8.21. The molecule has 0 spiro atoms. The number of nitrogens with one attached hydrogen (secondary N) is 1. The highest BCUT2D eigenvalue weighted by atomic mass is 19.3. The van der Waals surface area contributed by atoms with Gasteiger partial charge in [-0.25, -0.2) is 18.6 Å². The summed E-state index contributed by atoms with van der Waals surface area (Å²) in [5.41, 5.74) is 6.51. The molecule has 5 heterocycles. The minimum absolute atomic E-state index is 0.0952. The van der Waals surface area contributed by atoms with Crippen molar-refractivity contribution in [3.8, 4) is 22.4 Å². The van der Waals surface area contributed by atoms with Crippen LogP contribution in [0.15, 0.2) is 52.1 Å². The van der Waals surface area contributed by atoms with Crippen LogP contribution in [0.4, 0.5) is 14.5 Å². The molecule has 6 rings (SSSR count). The van der Waals surface area contributed by atoms with E-state index in [9.17, 15) is 13.6 Å². The van der Waals surface area contributed by atoms with Crippen molar-refractivity contribution in [2.45, 2.75) is 51.6 Å². The highest BCUT2D eigenvalue weighted by Crippen LogP contribution is 2.36. The number of nitrogens with zero attached hydrogens (tertiary/aromatic N) is 6. The largest absolute Gasteiger partial charge is 0.434 e. The number of furan rings is 1. The first kappa shape index (κ1) is 29.9. The first-order valence-electron chi connectivity index (χ1n) is 15.1. The second-order valence-electron chi connectivity index (χ2n) is 11.3. The fourth-order valence-corrected chi connectivity index (χ4v) is 6.10. The highest BCUT2D eigenvalue weighted by molar-refractivity contribution is 6.06. The van der Waals surface area contributed by atoms with Gasteiger partial charge in [-0.2, -0.15) is 10.1 Å². The number of fused-ring (bicyclic) bond motifs is 3. The van der Waals surface area contributed by atoms with Crippen molar-refractivity contribution in [3.05, 3.63) is 58.9 Å². The number of ether oxygens (including phenoxy) is 1. The molecule has 232 valence electrons. The first-order chi connectivity index (χ1) is 21.4. The van der Waals surface area contributed by atoms with Crippen LogP contribution in [0.2, 0.25) is 0 Å². The molecular weight excluding hydrogens is 568 g/mol. The van der Waals surface area contributed by atoms with Crippen molar-refractivity contribution in [1.29, 1.82) is 0 Å². The van der Waals surface area contributed by atoms with E-state index in [1.54, 1.807) is 28.8 Å². The van der Waals surface area contributed by atoms with Gasteiger partial charge in [0.2, 0.25) is 5.71 Å². The average Bonchev–Trinajstić information content (AvgIpc) is 3.64. The maximum absolute atomic E-state index is 13.6. The van der Waals surface area contributed by atoms with Gasteiger partial charge < -0.3 is 19.4 Å². The average molecular weight is 606 g/mol. The Morgan fingerprint density at radius 2 is 1.95 bits per heavy atom. The fourth-order valence-electron chi connectivity index (χ4n) is 6.10. The van der Waals surface area contributed by atoms with E-state index in [1.807, 2.05) is 25.4 Å². The molecule has 1 aromatic carbocycles. The van der Waals surface area contributed by atoms with E-state index >= 15 is 0 Å². The Bertz CT molecular complexity index is 1820. The third-order valence-electron chi connectivity index (χ3n) is 8.34. The lowest BCUT2D eigenvalue weighted by molar-refractivity contribution is 0.139. The van der Waals surface area contributed by atoms with Gasteiger partial charge in [0.25, 0.3) is 6.43 Å². The van der Waals surface area contributed by atoms with Crippen molar-refractivity contribution in [2.75, 3.05) is 38.3 Å². The minimum Gasteiger partial charge on any atom is -0.434 e. The molecule has 0 aliphatic carbocycles. The SMILES string of the molecule is CCc1cc(-c2nc(=O)n(CCCOC)c3c2oc2ncc(-c4cnn(C)c4)cc23)ccc1N1CCC(NCC(F)F)CC1. The molecule has 1 fully saturated rings. The lowest BCUT2D eigenvalue weighted by Crippen LogP contribution is -2.44. The molecule has 0 bridgehead atoms. The summed E-state index contributed by atoms with van der Waals surface area (Å²) in [6.45, 7) is 4.31. The van der Waals surface area contributed by atoms with Crippen molar-refractivity contribution >= 4 is 27.9 Å². The van der Waals surface area contributed by atoms with Crippen molar-refractivity contribution in [3.63, 3.8) is 0 Å². The standard InChI is InChI=1S/C32H37F2N7O3/c1-4-20-14-21(6-7-26(20)40-11-8-24(9-12-40)35-18-27(33)34)28-30-29(41(32(42)38-28)10-5-13-43-3)25-15-22(16-36-31(25)44-30)23-17-37-39(2)19-23/h6-7,14-17,19,24,27,35H,4-5,8-13,18H2,1-3H3. The first-order valence-corrected chi connectivity index (χ1v) is 15.1. The monoisotopic (exact) mass is 605 g/mol. The number of hydrogen-bond acceptors (Lipinski definition) is 8. The number of benzene rings is 1. The Morgan fingerprint density at radius 1 is 1.14 bits per heavy atom. The van der Waals surface area contributed by atoms with Crippen LogP contribution in [-0.4, -0.2) is 70.1 Å². The molecule has 1 aliphatic heterocycles. The summed E-state index contributed by atoms with van der Waals surface area (Å²) >= 11 is 0. The van der Waals surface area contributed by atoms with Crippen LogP contribution in [0.1, 0.15) is 31.7 Å². The summed E-state index contributed by atoms with van der Waals surface area (Å²) in [5, 5.41) is 7.99. The van der Waals surface area contributed by atoms with Crippen molar-refractivity contribution in [1.82, 2.24) is 29.6 Å². The summed E-state index contributed by atoms with van der Waals surface area (Å²) in [6.07, 6.45) is 6.12. The number of methoxy groups -OCH3 is 1. The minimum atomic E-state index is -2.34. The Balaban J connectivity index is 1.40. The Morgan fingerprint density at radius 3 is 2.66 bits per heavy atom. The summed E-state index contributed by atoms with van der Waals surface area (Å²) in [7, 11) is 3.50. The Labute approximate surface area is 253 Å². The summed E-state index contributed by atoms with van der Waals surface area (Å²) in [4.78, 5) is 25.1. The zero-order valence-electron chi connectivity index (χ0n) is 25.2. The van der Waals surface area contributed by atoms with Crippen molar-refractivity contribution in [2.24, 2.45) is 7.05 Å². The quantitative estimate of drug-likeness (QED) is 0.209. The molecule has 0 atom stereocenters. The van der Waals surface area contributed by atoms with E-state index < -0.39 is 6.43 Å². The Kier molecular flexibility index (Phi) is 8.72. The number of hydrogen-bond donors (Lipinski definition) is 1. The molecule has 0 radical (unpaired) electrons. The third kappa shape index (κ3) is 5.96. The fraction of sp³-hybridized carbons (Fsp3) is 0.438. The van der Waals surface area contributed by atoms with Gasteiger partial charge in [0.05, 0.1) is 18.1 Å². The number of aromatic nitrogens is 5. The van der Waals surface area contributed by atoms with E-state index in [2.05, 4.69) is 44.3 Å².